The van der Waals surface area contributed by atoms with Crippen molar-refractivity contribution in [2.24, 2.45) is 10.4 Å². The molecule has 2 heterocycles. The molecule has 2 aromatic rings. The zero-order valence-electron chi connectivity index (χ0n) is 19.1. The van der Waals surface area contributed by atoms with Crippen molar-refractivity contribution in [3.8, 4) is 23.1 Å². The monoisotopic (exact) mass is 552 g/mol. The molecule has 32 heavy (non-hydrogen) atoms. The molecule has 0 atom stereocenters. The third-order valence-corrected chi connectivity index (χ3v) is 6.29. The molecule has 0 radical (unpaired) electrons. The molecule has 4 rings (SSSR count). The Balaban J connectivity index is 0.00000289. The number of aromatic nitrogens is 1. The quantitative estimate of drug-likeness (QED) is 0.301. The molecule has 1 N–H and O–H groups in total. The number of pyridine rings is 1. The lowest BCUT2D eigenvalue weighted by atomic mass is 9.68. The van der Waals surface area contributed by atoms with E-state index in [2.05, 4.69) is 22.1 Å². The molecule has 2 fully saturated rings. The van der Waals surface area contributed by atoms with Crippen LogP contribution in [0.1, 0.15) is 38.2 Å². The van der Waals surface area contributed by atoms with Gasteiger partial charge < -0.3 is 24.4 Å². The van der Waals surface area contributed by atoms with Gasteiger partial charge in [0.15, 0.2) is 17.5 Å². The summed E-state index contributed by atoms with van der Waals surface area (Å²) in [6, 6.07) is 9.36. The van der Waals surface area contributed by atoms with Gasteiger partial charge in [-0.05, 0) is 49.3 Å². The molecule has 1 aliphatic carbocycles. The molecular weight excluding hydrogens is 519 g/mol. The standard InChI is InChI=1S/C24H32N4O3.HI/c1-4-25-23(28-14-13-24(17-28)11-6-12-24)27-16-18-9-10-21(26-15-18)31-22-19(29-2)7-5-8-20(22)30-3;/h5,7-10,15H,4,6,11-14,16-17H2,1-3H3,(H,25,27);1H. The number of para-hydroxylation sites is 1. The predicted molar refractivity (Wildman–Crippen MR) is 137 cm³/mol. The highest BCUT2D eigenvalue weighted by atomic mass is 127. The minimum Gasteiger partial charge on any atom is -0.493 e. The summed E-state index contributed by atoms with van der Waals surface area (Å²) in [4.78, 5) is 11.7. The minimum atomic E-state index is 0. The topological polar surface area (TPSA) is 68.2 Å². The lowest BCUT2D eigenvalue weighted by Gasteiger charge is -2.38. The highest BCUT2D eigenvalue weighted by Crippen LogP contribution is 2.48. The van der Waals surface area contributed by atoms with Crippen molar-refractivity contribution < 1.29 is 14.2 Å². The van der Waals surface area contributed by atoms with Crippen LogP contribution in [0.5, 0.6) is 23.1 Å². The van der Waals surface area contributed by atoms with Gasteiger partial charge in [-0.2, -0.15) is 0 Å². The van der Waals surface area contributed by atoms with Gasteiger partial charge in [-0.1, -0.05) is 18.6 Å². The molecule has 1 aliphatic heterocycles. The van der Waals surface area contributed by atoms with Gasteiger partial charge in [-0.15, -0.1) is 24.0 Å². The van der Waals surface area contributed by atoms with Crippen molar-refractivity contribution in [1.82, 2.24) is 15.2 Å². The van der Waals surface area contributed by atoms with Gasteiger partial charge in [0, 0.05) is 31.9 Å². The van der Waals surface area contributed by atoms with E-state index < -0.39 is 0 Å². The normalized spacial score (nSPS) is 16.8. The molecule has 174 valence electrons. The van der Waals surface area contributed by atoms with Crippen LogP contribution in [-0.4, -0.2) is 49.7 Å². The van der Waals surface area contributed by atoms with Crippen molar-refractivity contribution in [2.75, 3.05) is 33.9 Å². The van der Waals surface area contributed by atoms with E-state index in [1.165, 1.54) is 25.7 Å². The number of nitrogens with one attached hydrogen (secondary N) is 1. The van der Waals surface area contributed by atoms with E-state index in [-0.39, 0.29) is 24.0 Å². The molecular formula is C24H33IN4O3. The largest absolute Gasteiger partial charge is 0.493 e. The predicted octanol–water partition coefficient (Wildman–Crippen LogP) is 4.85. The number of ether oxygens (including phenoxy) is 3. The van der Waals surface area contributed by atoms with Gasteiger partial charge in [0.25, 0.3) is 0 Å². The van der Waals surface area contributed by atoms with Gasteiger partial charge in [0.1, 0.15) is 0 Å². The second-order valence-electron chi connectivity index (χ2n) is 8.29. The SMILES string of the molecule is CCNC(=NCc1ccc(Oc2c(OC)cccc2OC)nc1)N1CCC2(CCC2)C1.I. The Kier molecular flexibility index (Phi) is 8.44. The number of hydrogen-bond acceptors (Lipinski definition) is 5. The first kappa shape index (κ1) is 24.4. The first-order valence-electron chi connectivity index (χ1n) is 11.0. The smallest absolute Gasteiger partial charge is 0.219 e. The van der Waals surface area contributed by atoms with Crippen molar-refractivity contribution in [3.05, 3.63) is 42.1 Å². The fourth-order valence-corrected chi connectivity index (χ4v) is 4.38. The van der Waals surface area contributed by atoms with E-state index in [9.17, 15) is 0 Å². The highest BCUT2D eigenvalue weighted by molar-refractivity contribution is 14.0. The lowest BCUT2D eigenvalue weighted by Crippen LogP contribution is -2.42. The molecule has 2 aliphatic rings. The zero-order valence-corrected chi connectivity index (χ0v) is 21.4. The molecule has 8 heteroatoms. The van der Waals surface area contributed by atoms with Crippen LogP contribution in [0.4, 0.5) is 0 Å². The Morgan fingerprint density at radius 2 is 1.88 bits per heavy atom. The van der Waals surface area contributed by atoms with Gasteiger partial charge in [-0.3, -0.25) is 0 Å². The Labute approximate surface area is 207 Å². The second-order valence-corrected chi connectivity index (χ2v) is 8.29. The number of nitrogens with zero attached hydrogens (tertiary/aromatic N) is 3. The zero-order chi connectivity index (χ0) is 21.7. The summed E-state index contributed by atoms with van der Waals surface area (Å²) < 4.78 is 16.7. The number of rotatable bonds is 7. The molecule has 1 saturated carbocycles. The minimum absolute atomic E-state index is 0. The molecule has 0 unspecified atom stereocenters. The molecule has 0 bridgehead atoms. The fraction of sp³-hybridized carbons (Fsp3) is 0.500. The van der Waals surface area contributed by atoms with E-state index in [1.54, 1.807) is 14.2 Å². The summed E-state index contributed by atoms with van der Waals surface area (Å²) in [6.07, 6.45) is 7.21. The van der Waals surface area contributed by atoms with Crippen molar-refractivity contribution >= 4 is 29.9 Å². The second kappa shape index (κ2) is 11.1. The summed E-state index contributed by atoms with van der Waals surface area (Å²) in [6.45, 7) is 5.79. The average molecular weight is 552 g/mol. The summed E-state index contributed by atoms with van der Waals surface area (Å²) in [7, 11) is 3.20. The summed E-state index contributed by atoms with van der Waals surface area (Å²) >= 11 is 0. The summed E-state index contributed by atoms with van der Waals surface area (Å²) in [5.41, 5.74) is 1.59. The number of likely N-dealkylation sites (tertiary alicyclic amines) is 1. The fourth-order valence-electron chi connectivity index (χ4n) is 4.38. The number of methoxy groups -OCH3 is 2. The van der Waals surface area contributed by atoms with Crippen molar-refractivity contribution in [1.29, 1.82) is 0 Å². The first-order chi connectivity index (χ1) is 15.2. The van der Waals surface area contributed by atoms with Crippen LogP contribution < -0.4 is 19.5 Å². The number of hydrogen-bond donors (Lipinski definition) is 1. The van der Waals surface area contributed by atoms with Crippen LogP contribution in [-0.2, 0) is 6.54 Å². The molecule has 0 amide bonds. The van der Waals surface area contributed by atoms with E-state index in [4.69, 9.17) is 19.2 Å². The Morgan fingerprint density at radius 3 is 2.41 bits per heavy atom. The van der Waals surface area contributed by atoms with Crippen molar-refractivity contribution in [2.45, 2.75) is 39.2 Å². The third kappa shape index (κ3) is 5.39. The van der Waals surface area contributed by atoms with Crippen LogP contribution in [0.15, 0.2) is 41.5 Å². The Bertz CT molecular complexity index is 894. The maximum atomic E-state index is 5.95. The molecule has 1 spiro atoms. The van der Waals surface area contributed by atoms with Gasteiger partial charge in [0.2, 0.25) is 11.6 Å². The summed E-state index contributed by atoms with van der Waals surface area (Å²) in [5, 5.41) is 3.45. The Morgan fingerprint density at radius 1 is 1.12 bits per heavy atom. The molecule has 1 aromatic carbocycles. The molecule has 1 saturated heterocycles. The van der Waals surface area contributed by atoms with Crippen LogP contribution in [0, 0.1) is 5.41 Å². The molecule has 1 aromatic heterocycles. The molecule has 7 nitrogen and oxygen atoms in total. The van der Waals surface area contributed by atoms with E-state index in [0.717, 1.165) is 31.2 Å². The lowest BCUT2D eigenvalue weighted by molar-refractivity contribution is 0.151. The maximum Gasteiger partial charge on any atom is 0.219 e. The van der Waals surface area contributed by atoms with Crippen LogP contribution in [0.25, 0.3) is 0 Å². The Hall–Kier alpha value is -2.23. The third-order valence-electron chi connectivity index (χ3n) is 6.29. The highest BCUT2D eigenvalue weighted by Gasteiger charge is 2.43. The maximum absolute atomic E-state index is 5.95. The van der Waals surface area contributed by atoms with E-state index in [0.29, 0.717) is 35.1 Å². The number of guanidine groups is 1. The van der Waals surface area contributed by atoms with Crippen LogP contribution >= 0.6 is 24.0 Å². The van der Waals surface area contributed by atoms with Gasteiger partial charge >= 0.3 is 0 Å². The first-order valence-corrected chi connectivity index (χ1v) is 11.0. The number of benzene rings is 1. The van der Waals surface area contributed by atoms with Crippen molar-refractivity contribution in [3.63, 3.8) is 0 Å². The van der Waals surface area contributed by atoms with E-state index in [1.807, 2.05) is 36.5 Å². The average Bonchev–Trinajstić information content (AvgIpc) is 3.24. The number of halogens is 1. The van der Waals surface area contributed by atoms with Gasteiger partial charge in [-0.25, -0.2) is 9.98 Å². The summed E-state index contributed by atoms with van der Waals surface area (Å²) in [5.74, 6) is 3.19. The van der Waals surface area contributed by atoms with Gasteiger partial charge in [0.05, 0.1) is 20.8 Å². The van der Waals surface area contributed by atoms with Crippen LogP contribution in [0.2, 0.25) is 0 Å². The number of aliphatic imine (C=N–C) groups is 1. The van der Waals surface area contributed by atoms with Crippen LogP contribution in [0.3, 0.4) is 0 Å². The van der Waals surface area contributed by atoms with E-state index >= 15 is 0 Å².